The lowest BCUT2D eigenvalue weighted by Crippen LogP contribution is -2.48. The van der Waals surface area contributed by atoms with Crippen molar-refractivity contribution in [3.05, 3.63) is 28.8 Å². The smallest absolute Gasteiger partial charge is 0.414 e. The second-order valence-electron chi connectivity index (χ2n) is 10.4. The number of benzene rings is 1. The van der Waals surface area contributed by atoms with Crippen molar-refractivity contribution in [1.29, 1.82) is 0 Å². The molecule has 1 aromatic rings. The summed E-state index contributed by atoms with van der Waals surface area (Å²) in [7, 11) is 1.71. The minimum atomic E-state index is -3.14. The van der Waals surface area contributed by atoms with Gasteiger partial charge in [0, 0.05) is 38.5 Å². The standard InChI is InChI=1S/C25H36F2N4O3S/c1-16-14-18(30(7)22(33)34-23(3,4)5)15-17(2)19(16)8-13-35-31-11-9-25(10-12-31)21(32)28-20(29-25)24(6,26)27/h14-15H,8-13H2,1-7H3,(H,28,29,32). The van der Waals surface area contributed by atoms with Crippen LogP contribution in [-0.4, -0.2) is 65.1 Å². The zero-order valence-electron chi connectivity index (χ0n) is 21.6. The van der Waals surface area contributed by atoms with E-state index in [1.165, 1.54) is 10.5 Å². The topological polar surface area (TPSA) is 74.2 Å². The van der Waals surface area contributed by atoms with Crippen LogP contribution in [0.5, 0.6) is 0 Å². The first kappa shape index (κ1) is 27.4. The summed E-state index contributed by atoms with van der Waals surface area (Å²) < 4.78 is 34.8. The molecule has 0 unspecified atom stereocenters. The van der Waals surface area contributed by atoms with Crippen molar-refractivity contribution in [3.8, 4) is 0 Å². The van der Waals surface area contributed by atoms with Crippen LogP contribution in [0.2, 0.25) is 0 Å². The molecule has 0 radical (unpaired) electrons. The molecule has 0 aromatic heterocycles. The SMILES string of the molecule is Cc1cc(N(C)C(=O)OC(C)(C)C)cc(C)c1CCSN1CCC2(CC1)N=C(C(C)(F)F)NC2=O. The minimum absolute atomic E-state index is 0.391. The van der Waals surface area contributed by atoms with Crippen LogP contribution in [-0.2, 0) is 16.0 Å². The Morgan fingerprint density at radius 1 is 1.20 bits per heavy atom. The quantitative estimate of drug-likeness (QED) is 0.552. The molecule has 7 nitrogen and oxygen atoms in total. The number of ether oxygens (including phenoxy) is 1. The Morgan fingerprint density at radius 3 is 2.26 bits per heavy atom. The molecule has 1 N–H and O–H groups in total. The third-order valence-corrected chi connectivity index (χ3v) is 7.42. The monoisotopic (exact) mass is 510 g/mol. The molecule has 35 heavy (non-hydrogen) atoms. The van der Waals surface area contributed by atoms with Gasteiger partial charge in [0.15, 0.2) is 5.84 Å². The molecule has 2 aliphatic heterocycles. The van der Waals surface area contributed by atoms with Crippen molar-refractivity contribution in [2.45, 2.75) is 77.9 Å². The first-order valence-corrected chi connectivity index (χ1v) is 12.8. The van der Waals surface area contributed by atoms with E-state index in [2.05, 4.69) is 14.6 Å². The molecule has 0 aliphatic carbocycles. The Labute approximate surface area is 210 Å². The Balaban J connectivity index is 1.55. The van der Waals surface area contributed by atoms with Crippen molar-refractivity contribution < 1.29 is 23.1 Å². The number of hydrogen-bond acceptors (Lipinski definition) is 6. The van der Waals surface area contributed by atoms with Crippen molar-refractivity contribution in [1.82, 2.24) is 9.62 Å². The summed E-state index contributed by atoms with van der Waals surface area (Å²) in [5, 5.41) is 2.28. The van der Waals surface area contributed by atoms with Gasteiger partial charge in [-0.25, -0.2) is 9.79 Å². The van der Waals surface area contributed by atoms with Gasteiger partial charge >= 0.3 is 12.0 Å². The number of anilines is 1. The van der Waals surface area contributed by atoms with Crippen molar-refractivity contribution in [3.63, 3.8) is 0 Å². The van der Waals surface area contributed by atoms with Crippen LogP contribution in [0.25, 0.3) is 0 Å². The van der Waals surface area contributed by atoms with Crippen molar-refractivity contribution >= 4 is 35.5 Å². The summed E-state index contributed by atoms with van der Waals surface area (Å²) in [4.78, 5) is 30.4. The van der Waals surface area contributed by atoms with E-state index in [4.69, 9.17) is 4.74 Å². The molecule has 1 spiro atoms. The molecule has 1 saturated heterocycles. The molecular weight excluding hydrogens is 474 g/mol. The lowest BCUT2D eigenvalue weighted by atomic mass is 9.89. The number of hydrogen-bond donors (Lipinski definition) is 1. The highest BCUT2D eigenvalue weighted by molar-refractivity contribution is 7.97. The lowest BCUT2D eigenvalue weighted by molar-refractivity contribution is -0.125. The summed E-state index contributed by atoms with van der Waals surface area (Å²) >= 11 is 1.70. The maximum atomic E-state index is 13.6. The number of rotatable bonds is 6. The number of nitrogens with zero attached hydrogens (tertiary/aromatic N) is 3. The van der Waals surface area contributed by atoms with E-state index >= 15 is 0 Å². The van der Waals surface area contributed by atoms with Crippen LogP contribution >= 0.6 is 11.9 Å². The van der Waals surface area contributed by atoms with Gasteiger partial charge in [-0.15, -0.1) is 0 Å². The fourth-order valence-electron chi connectivity index (χ4n) is 4.32. The van der Waals surface area contributed by atoms with Crippen molar-refractivity contribution in [2.75, 3.05) is 30.8 Å². The predicted octanol–water partition coefficient (Wildman–Crippen LogP) is 4.88. The molecule has 2 aliphatic rings. The second-order valence-corrected chi connectivity index (χ2v) is 11.6. The van der Waals surface area contributed by atoms with Crippen LogP contribution in [0.3, 0.4) is 0 Å². The highest BCUT2D eigenvalue weighted by Crippen LogP contribution is 2.35. The van der Waals surface area contributed by atoms with Gasteiger partial charge in [0.25, 0.3) is 5.91 Å². The van der Waals surface area contributed by atoms with Gasteiger partial charge in [0.2, 0.25) is 0 Å². The predicted molar refractivity (Wildman–Crippen MR) is 136 cm³/mol. The third kappa shape index (κ3) is 6.52. The fourth-order valence-corrected chi connectivity index (χ4v) is 5.31. The maximum absolute atomic E-state index is 13.6. The number of carbonyl (C=O) groups is 2. The minimum Gasteiger partial charge on any atom is -0.443 e. The molecule has 0 saturated carbocycles. The number of aryl methyl sites for hydroxylation is 2. The largest absolute Gasteiger partial charge is 0.443 e. The first-order valence-electron chi connectivity index (χ1n) is 11.9. The van der Waals surface area contributed by atoms with E-state index in [1.54, 1.807) is 19.0 Å². The van der Waals surface area contributed by atoms with Gasteiger partial charge in [-0.2, -0.15) is 8.78 Å². The zero-order valence-corrected chi connectivity index (χ0v) is 22.4. The average Bonchev–Trinajstić information content (AvgIpc) is 3.06. The highest BCUT2D eigenvalue weighted by Gasteiger charge is 2.49. The third-order valence-electron chi connectivity index (χ3n) is 6.31. The Kier molecular flexibility index (Phi) is 7.86. The van der Waals surface area contributed by atoms with E-state index in [1.807, 2.05) is 46.8 Å². The second kappa shape index (κ2) is 10.0. The van der Waals surface area contributed by atoms with E-state index < -0.39 is 34.9 Å². The van der Waals surface area contributed by atoms with E-state index in [9.17, 15) is 18.4 Å². The highest BCUT2D eigenvalue weighted by atomic mass is 32.2. The lowest BCUT2D eigenvalue weighted by Gasteiger charge is -2.34. The molecule has 1 aromatic carbocycles. The fraction of sp³-hybridized carbons (Fsp3) is 0.640. The normalized spacial score (nSPS) is 18.4. The van der Waals surface area contributed by atoms with Crippen LogP contribution < -0.4 is 10.2 Å². The summed E-state index contributed by atoms with van der Waals surface area (Å²) in [6, 6.07) is 4.00. The number of alkyl halides is 2. The number of piperidine rings is 1. The van der Waals surface area contributed by atoms with Crippen molar-refractivity contribution in [2.24, 2.45) is 4.99 Å². The Morgan fingerprint density at radius 2 is 1.77 bits per heavy atom. The number of halogens is 2. The molecule has 0 atom stereocenters. The van der Waals surface area contributed by atoms with E-state index in [0.717, 1.165) is 35.9 Å². The van der Waals surface area contributed by atoms with Crippen LogP contribution in [0.15, 0.2) is 17.1 Å². The number of carbonyl (C=O) groups excluding carboxylic acids is 2. The summed E-state index contributed by atoms with van der Waals surface area (Å²) in [6.45, 7) is 11.6. The number of amidine groups is 1. The van der Waals surface area contributed by atoms with E-state index in [-0.39, 0.29) is 0 Å². The van der Waals surface area contributed by atoms with Gasteiger partial charge in [0.05, 0.1) is 0 Å². The Hall–Kier alpha value is -2.20. The average molecular weight is 511 g/mol. The number of aliphatic imine (C=N–C) groups is 1. The number of amides is 2. The van der Waals surface area contributed by atoms with E-state index in [0.29, 0.717) is 25.9 Å². The number of nitrogens with one attached hydrogen (secondary N) is 1. The molecule has 2 heterocycles. The van der Waals surface area contributed by atoms with Gasteiger partial charge in [-0.1, -0.05) is 11.9 Å². The molecular formula is C25H36F2N4O3S. The summed E-state index contributed by atoms with van der Waals surface area (Å²) in [5.74, 6) is -3.22. The molecule has 2 amide bonds. The van der Waals surface area contributed by atoms with Crippen LogP contribution in [0.1, 0.15) is 57.2 Å². The van der Waals surface area contributed by atoms with Gasteiger partial charge < -0.3 is 10.1 Å². The molecule has 194 valence electrons. The zero-order chi connectivity index (χ0) is 26.2. The van der Waals surface area contributed by atoms with Gasteiger partial charge in [-0.3, -0.25) is 14.0 Å². The summed E-state index contributed by atoms with van der Waals surface area (Å²) in [6.07, 6.45) is 1.31. The van der Waals surface area contributed by atoms with Gasteiger partial charge in [-0.05, 0) is 82.7 Å². The molecule has 0 bridgehead atoms. The maximum Gasteiger partial charge on any atom is 0.414 e. The van der Waals surface area contributed by atoms with Crippen LogP contribution in [0.4, 0.5) is 19.3 Å². The molecule has 1 fully saturated rings. The van der Waals surface area contributed by atoms with Gasteiger partial charge in [0.1, 0.15) is 11.1 Å². The molecule has 10 heteroatoms. The Bertz CT molecular complexity index is 986. The molecule has 3 rings (SSSR count). The summed E-state index contributed by atoms with van der Waals surface area (Å²) in [5.41, 5.74) is 2.63. The first-order chi connectivity index (χ1) is 16.1. The van der Waals surface area contributed by atoms with Crippen LogP contribution in [0, 0.1) is 13.8 Å².